The predicted octanol–water partition coefficient (Wildman–Crippen LogP) is 3.76. The van der Waals surface area contributed by atoms with Gasteiger partial charge in [-0.05, 0) is 25.5 Å². The van der Waals surface area contributed by atoms with Crippen LogP contribution in [0.25, 0.3) is 0 Å². The first-order chi connectivity index (χ1) is 10.3. The Kier molecular flexibility index (Phi) is 5.24. The summed E-state index contributed by atoms with van der Waals surface area (Å²) >= 11 is 0. The Labute approximate surface area is 127 Å². The Morgan fingerprint density at radius 3 is 2.45 bits per heavy atom. The summed E-state index contributed by atoms with van der Waals surface area (Å²) < 4.78 is 52.3. The zero-order chi connectivity index (χ0) is 16.3. The molecule has 0 unspecified atom stereocenters. The third kappa shape index (κ3) is 4.08. The van der Waals surface area contributed by atoms with Gasteiger partial charge in [0.05, 0.1) is 5.56 Å². The van der Waals surface area contributed by atoms with Gasteiger partial charge in [0.15, 0.2) is 0 Å². The second kappa shape index (κ2) is 6.79. The number of benzene rings is 1. The first-order valence-corrected chi connectivity index (χ1v) is 7.25. The van der Waals surface area contributed by atoms with Crippen LogP contribution in [0.3, 0.4) is 0 Å². The smallest absolute Gasteiger partial charge is 0.314 e. The molecule has 0 amide bonds. The highest BCUT2D eigenvalue weighted by atomic mass is 19.4. The summed E-state index contributed by atoms with van der Waals surface area (Å²) in [5.41, 5.74) is 0.226. The van der Waals surface area contributed by atoms with Gasteiger partial charge >= 0.3 is 6.18 Å². The fourth-order valence-corrected chi connectivity index (χ4v) is 2.73. The van der Waals surface area contributed by atoms with Crippen LogP contribution in [0.4, 0.5) is 17.6 Å². The van der Waals surface area contributed by atoms with E-state index in [1.165, 1.54) is 6.07 Å². The van der Waals surface area contributed by atoms with Gasteiger partial charge in [0.2, 0.25) is 0 Å². The highest BCUT2D eigenvalue weighted by molar-refractivity contribution is 5.29. The van der Waals surface area contributed by atoms with Crippen LogP contribution in [0.1, 0.15) is 30.5 Å². The minimum absolute atomic E-state index is 0.276. The van der Waals surface area contributed by atoms with Crippen molar-refractivity contribution in [1.29, 1.82) is 0 Å². The molecule has 6 heteroatoms. The fourth-order valence-electron chi connectivity index (χ4n) is 2.73. The third-order valence-corrected chi connectivity index (χ3v) is 3.82. The number of alkyl halides is 3. The molecule has 1 aliphatic rings. The number of piperazine rings is 1. The van der Waals surface area contributed by atoms with Crippen molar-refractivity contribution in [2.24, 2.45) is 0 Å². The van der Waals surface area contributed by atoms with Crippen molar-refractivity contribution in [3.63, 3.8) is 0 Å². The first-order valence-electron chi connectivity index (χ1n) is 7.25. The van der Waals surface area contributed by atoms with Crippen LogP contribution in [-0.2, 0) is 6.18 Å². The lowest BCUT2D eigenvalue weighted by molar-refractivity contribution is -0.137. The van der Waals surface area contributed by atoms with Crippen LogP contribution < -0.4 is 5.32 Å². The number of hydrogen-bond donors (Lipinski definition) is 1. The Morgan fingerprint density at radius 2 is 1.95 bits per heavy atom. The second-order valence-corrected chi connectivity index (χ2v) is 5.70. The van der Waals surface area contributed by atoms with Crippen molar-refractivity contribution in [3.8, 4) is 0 Å². The van der Waals surface area contributed by atoms with E-state index >= 15 is 0 Å². The van der Waals surface area contributed by atoms with E-state index in [-0.39, 0.29) is 6.04 Å². The zero-order valence-corrected chi connectivity index (χ0v) is 12.5. The molecule has 122 valence electrons. The van der Waals surface area contributed by atoms with E-state index < -0.39 is 17.6 Å². The van der Waals surface area contributed by atoms with Gasteiger partial charge in [0.1, 0.15) is 5.82 Å². The van der Waals surface area contributed by atoms with E-state index in [1.807, 2.05) is 6.92 Å². The molecule has 1 aromatic rings. The molecule has 0 aliphatic carbocycles. The van der Waals surface area contributed by atoms with Crippen LogP contribution in [-0.4, -0.2) is 31.1 Å². The maximum atomic E-state index is 14.3. The fraction of sp³-hybridized carbons (Fsp3) is 0.500. The standard InChI is InChI=1S/C16H20F4N2/c1-11(2)9-15(22-7-5-21-6-8-22)13-4-3-12(10-14(13)17)16(18,19)20/h3-4,10,15,21H,1,5-9H2,2H3/t15-/m1/s1. The zero-order valence-electron chi connectivity index (χ0n) is 12.5. The lowest BCUT2D eigenvalue weighted by Crippen LogP contribution is -2.45. The van der Waals surface area contributed by atoms with Crippen molar-refractivity contribution in [2.45, 2.75) is 25.6 Å². The largest absolute Gasteiger partial charge is 0.416 e. The van der Waals surface area contributed by atoms with E-state index in [0.717, 1.165) is 37.8 Å². The summed E-state index contributed by atoms with van der Waals surface area (Å²) in [4.78, 5) is 2.09. The average molecular weight is 316 g/mol. The molecule has 0 saturated carbocycles. The van der Waals surface area contributed by atoms with Gasteiger partial charge in [-0.15, -0.1) is 6.58 Å². The van der Waals surface area contributed by atoms with Crippen LogP contribution in [0.5, 0.6) is 0 Å². The minimum Gasteiger partial charge on any atom is -0.314 e. The minimum atomic E-state index is -4.53. The Balaban J connectivity index is 2.32. The summed E-state index contributed by atoms with van der Waals surface area (Å²) in [7, 11) is 0. The van der Waals surface area contributed by atoms with Crippen molar-refractivity contribution in [2.75, 3.05) is 26.2 Å². The number of nitrogens with zero attached hydrogens (tertiary/aromatic N) is 1. The predicted molar refractivity (Wildman–Crippen MR) is 78.0 cm³/mol. The summed E-state index contributed by atoms with van der Waals surface area (Å²) in [6, 6.07) is 2.52. The third-order valence-electron chi connectivity index (χ3n) is 3.82. The molecular weight excluding hydrogens is 296 g/mol. The van der Waals surface area contributed by atoms with Gasteiger partial charge < -0.3 is 5.32 Å². The Bertz CT molecular complexity index is 533. The molecule has 1 aliphatic heterocycles. The maximum Gasteiger partial charge on any atom is 0.416 e. The summed E-state index contributed by atoms with van der Waals surface area (Å²) in [5, 5.41) is 3.21. The monoisotopic (exact) mass is 316 g/mol. The highest BCUT2D eigenvalue weighted by Crippen LogP contribution is 2.34. The van der Waals surface area contributed by atoms with Crippen LogP contribution in [0.15, 0.2) is 30.4 Å². The summed E-state index contributed by atoms with van der Waals surface area (Å²) in [5.74, 6) is -0.806. The Hall–Kier alpha value is -1.40. The molecule has 1 heterocycles. The Morgan fingerprint density at radius 1 is 1.32 bits per heavy atom. The van der Waals surface area contributed by atoms with Crippen LogP contribution in [0, 0.1) is 5.82 Å². The molecular formula is C16H20F4N2. The molecule has 0 bridgehead atoms. The lowest BCUT2D eigenvalue weighted by atomic mass is 9.96. The second-order valence-electron chi connectivity index (χ2n) is 5.70. The highest BCUT2D eigenvalue weighted by Gasteiger charge is 2.32. The molecule has 1 fully saturated rings. The molecule has 1 atom stereocenters. The quantitative estimate of drug-likeness (QED) is 0.672. The maximum absolute atomic E-state index is 14.3. The topological polar surface area (TPSA) is 15.3 Å². The van der Waals surface area contributed by atoms with Crippen molar-refractivity contribution in [1.82, 2.24) is 10.2 Å². The van der Waals surface area contributed by atoms with Gasteiger partial charge in [-0.25, -0.2) is 4.39 Å². The first kappa shape index (κ1) is 17.0. The van der Waals surface area contributed by atoms with E-state index in [1.54, 1.807) is 0 Å². The molecule has 2 rings (SSSR count). The SMILES string of the molecule is C=C(C)C[C@H](c1ccc(C(F)(F)F)cc1F)N1CCNCC1. The average Bonchev–Trinajstić information content (AvgIpc) is 2.45. The molecule has 1 saturated heterocycles. The van der Waals surface area contributed by atoms with Gasteiger partial charge in [-0.3, -0.25) is 4.90 Å². The van der Waals surface area contributed by atoms with Crippen LogP contribution in [0.2, 0.25) is 0 Å². The number of nitrogens with one attached hydrogen (secondary N) is 1. The van der Waals surface area contributed by atoms with Crippen molar-refractivity contribution in [3.05, 3.63) is 47.3 Å². The summed E-state index contributed by atoms with van der Waals surface area (Å²) in [6.07, 6.45) is -4.00. The molecule has 22 heavy (non-hydrogen) atoms. The van der Waals surface area contributed by atoms with E-state index in [2.05, 4.69) is 16.8 Å². The molecule has 1 N–H and O–H groups in total. The lowest BCUT2D eigenvalue weighted by Gasteiger charge is -2.35. The molecule has 1 aromatic carbocycles. The van der Waals surface area contributed by atoms with Crippen molar-refractivity contribution < 1.29 is 17.6 Å². The summed E-state index contributed by atoms with van der Waals surface area (Å²) in [6.45, 7) is 8.74. The van der Waals surface area contributed by atoms with E-state index in [4.69, 9.17) is 0 Å². The van der Waals surface area contributed by atoms with Gasteiger partial charge in [0.25, 0.3) is 0 Å². The van der Waals surface area contributed by atoms with E-state index in [9.17, 15) is 17.6 Å². The number of rotatable bonds is 4. The molecule has 0 radical (unpaired) electrons. The van der Waals surface area contributed by atoms with Crippen LogP contribution >= 0.6 is 0 Å². The van der Waals surface area contributed by atoms with Gasteiger partial charge in [0, 0.05) is 37.8 Å². The van der Waals surface area contributed by atoms with Gasteiger partial charge in [-0.1, -0.05) is 11.6 Å². The van der Waals surface area contributed by atoms with E-state index in [0.29, 0.717) is 18.1 Å². The molecule has 0 aromatic heterocycles. The number of halogens is 4. The van der Waals surface area contributed by atoms with Gasteiger partial charge in [-0.2, -0.15) is 13.2 Å². The normalized spacial score (nSPS) is 18.2. The van der Waals surface area contributed by atoms with Crippen molar-refractivity contribution >= 4 is 0 Å². The number of hydrogen-bond acceptors (Lipinski definition) is 2. The molecule has 0 spiro atoms. The molecule has 2 nitrogen and oxygen atoms in total.